The molecule has 28 heavy (non-hydrogen) atoms. The molecule has 1 aliphatic heterocycles. The van der Waals surface area contributed by atoms with Crippen molar-refractivity contribution in [1.29, 1.82) is 0 Å². The molecule has 4 rings (SSSR count). The van der Waals surface area contributed by atoms with Crippen LogP contribution in [0.1, 0.15) is 74.6 Å². The predicted octanol–water partition coefficient (Wildman–Crippen LogP) is 5.76. The van der Waals surface area contributed by atoms with Gasteiger partial charge in [0.2, 0.25) is 5.91 Å². The maximum atomic E-state index is 12.8. The van der Waals surface area contributed by atoms with Crippen molar-refractivity contribution < 1.29 is 9.59 Å². The van der Waals surface area contributed by atoms with Gasteiger partial charge in [-0.3, -0.25) is 9.59 Å². The Bertz CT molecular complexity index is 836. The second kappa shape index (κ2) is 8.89. The topological polar surface area (TPSA) is 37.4 Å². The van der Waals surface area contributed by atoms with E-state index in [9.17, 15) is 9.59 Å². The number of piperidine rings is 1. The average Bonchev–Trinajstić information content (AvgIpc) is 2.75. The summed E-state index contributed by atoms with van der Waals surface area (Å²) in [5.41, 5.74) is 0.811. The van der Waals surface area contributed by atoms with E-state index < -0.39 is 0 Å². The van der Waals surface area contributed by atoms with Crippen molar-refractivity contribution in [2.75, 3.05) is 6.54 Å². The molecule has 1 amide bonds. The summed E-state index contributed by atoms with van der Waals surface area (Å²) in [5.74, 6) is 1.24. The molecule has 2 aromatic rings. The van der Waals surface area contributed by atoms with Crippen molar-refractivity contribution >= 4 is 22.5 Å². The lowest BCUT2D eigenvalue weighted by molar-refractivity contribution is -0.137. The molecular weight excluding hydrogens is 346 g/mol. The van der Waals surface area contributed by atoms with Crippen LogP contribution in [0.5, 0.6) is 0 Å². The van der Waals surface area contributed by atoms with Gasteiger partial charge in [-0.05, 0) is 55.2 Å². The first-order valence-corrected chi connectivity index (χ1v) is 11.0. The fourth-order valence-electron chi connectivity index (χ4n) is 5.24. The van der Waals surface area contributed by atoms with Crippen molar-refractivity contribution in [3.05, 3.63) is 48.0 Å². The molecule has 3 nitrogen and oxygen atoms in total. The number of unbranched alkanes of at least 4 members (excludes halogenated alkanes) is 1. The molecule has 1 aliphatic carbocycles. The Morgan fingerprint density at radius 2 is 1.61 bits per heavy atom. The van der Waals surface area contributed by atoms with E-state index in [4.69, 9.17) is 0 Å². The van der Waals surface area contributed by atoms with Gasteiger partial charge < -0.3 is 4.90 Å². The number of amides is 1. The number of hydrogen-bond acceptors (Lipinski definition) is 2. The van der Waals surface area contributed by atoms with E-state index in [0.29, 0.717) is 24.8 Å². The van der Waals surface area contributed by atoms with Crippen LogP contribution in [0.2, 0.25) is 0 Å². The number of ketones is 1. The minimum Gasteiger partial charge on any atom is -0.339 e. The summed E-state index contributed by atoms with van der Waals surface area (Å²) in [6, 6.07) is 14.5. The molecule has 1 saturated heterocycles. The number of carbonyl (C=O) groups excluding carboxylic acids is 2. The van der Waals surface area contributed by atoms with Gasteiger partial charge in [-0.15, -0.1) is 0 Å². The molecule has 0 radical (unpaired) electrons. The Hall–Kier alpha value is -2.16. The minimum atomic E-state index is 0.189. The molecular formula is C25H31NO2. The average molecular weight is 378 g/mol. The first-order chi connectivity index (χ1) is 13.7. The SMILES string of the molecule is O=C(CCCCC(=O)N1CCCC2CCCCC21)c1cccc2ccccc12. The Kier molecular flexibility index (Phi) is 6.09. The number of nitrogens with zero attached hydrogens (tertiary/aromatic N) is 1. The van der Waals surface area contributed by atoms with E-state index in [1.54, 1.807) is 0 Å². The third-order valence-corrected chi connectivity index (χ3v) is 6.70. The zero-order valence-electron chi connectivity index (χ0n) is 16.7. The molecule has 0 N–H and O–H groups in total. The molecule has 2 aromatic carbocycles. The van der Waals surface area contributed by atoms with Crippen LogP contribution >= 0.6 is 0 Å². The second-order valence-electron chi connectivity index (χ2n) is 8.50. The van der Waals surface area contributed by atoms with Gasteiger partial charge in [0.1, 0.15) is 0 Å². The quantitative estimate of drug-likeness (QED) is 0.474. The van der Waals surface area contributed by atoms with Crippen LogP contribution in [-0.2, 0) is 4.79 Å². The van der Waals surface area contributed by atoms with Crippen molar-refractivity contribution in [3.63, 3.8) is 0 Å². The van der Waals surface area contributed by atoms with E-state index in [-0.39, 0.29) is 5.78 Å². The molecule has 0 bridgehead atoms. The van der Waals surface area contributed by atoms with Crippen LogP contribution in [0.15, 0.2) is 42.5 Å². The number of hydrogen-bond donors (Lipinski definition) is 0. The smallest absolute Gasteiger partial charge is 0.222 e. The summed E-state index contributed by atoms with van der Waals surface area (Å²) in [7, 11) is 0. The Morgan fingerprint density at radius 1 is 0.857 bits per heavy atom. The van der Waals surface area contributed by atoms with Crippen molar-refractivity contribution in [2.24, 2.45) is 5.92 Å². The Balaban J connectivity index is 1.28. The standard InChI is InChI=1S/C25H31NO2/c27-24(22-14-7-11-19-9-1-3-13-21(19)22)16-5-6-17-25(28)26-18-8-12-20-10-2-4-15-23(20)26/h1,3,7,9,11,13-14,20,23H,2,4-6,8,10,12,15-18H2. The van der Waals surface area contributed by atoms with Crippen molar-refractivity contribution in [1.82, 2.24) is 4.90 Å². The maximum absolute atomic E-state index is 12.8. The summed E-state index contributed by atoms with van der Waals surface area (Å²) >= 11 is 0. The number of likely N-dealkylation sites (tertiary alicyclic amines) is 1. The van der Waals surface area contributed by atoms with Gasteiger partial charge in [-0.25, -0.2) is 0 Å². The molecule has 1 saturated carbocycles. The highest BCUT2D eigenvalue weighted by atomic mass is 16.2. The van der Waals surface area contributed by atoms with Crippen LogP contribution in [0, 0.1) is 5.92 Å². The van der Waals surface area contributed by atoms with Gasteiger partial charge in [0.25, 0.3) is 0 Å². The van der Waals surface area contributed by atoms with E-state index in [2.05, 4.69) is 4.90 Å². The van der Waals surface area contributed by atoms with Gasteiger partial charge in [0.05, 0.1) is 0 Å². The van der Waals surface area contributed by atoms with Gasteiger partial charge in [-0.1, -0.05) is 55.3 Å². The normalized spacial score (nSPS) is 22.1. The summed E-state index contributed by atoms with van der Waals surface area (Å²) in [4.78, 5) is 27.7. The Labute approximate surface area is 168 Å². The second-order valence-corrected chi connectivity index (χ2v) is 8.50. The molecule has 0 aromatic heterocycles. The number of carbonyl (C=O) groups is 2. The van der Waals surface area contributed by atoms with E-state index >= 15 is 0 Å². The molecule has 2 fully saturated rings. The van der Waals surface area contributed by atoms with Crippen LogP contribution in [0.4, 0.5) is 0 Å². The molecule has 1 heterocycles. The predicted molar refractivity (Wildman–Crippen MR) is 113 cm³/mol. The number of rotatable bonds is 6. The lowest BCUT2D eigenvalue weighted by Crippen LogP contribution is -2.49. The van der Waals surface area contributed by atoms with E-state index in [0.717, 1.165) is 48.1 Å². The van der Waals surface area contributed by atoms with Crippen LogP contribution in [0.25, 0.3) is 10.8 Å². The van der Waals surface area contributed by atoms with Gasteiger partial charge in [0, 0.05) is 31.0 Å². The summed E-state index contributed by atoms with van der Waals surface area (Å²) < 4.78 is 0. The zero-order valence-corrected chi connectivity index (χ0v) is 16.7. The lowest BCUT2D eigenvalue weighted by Gasteiger charge is -2.44. The number of fused-ring (bicyclic) bond motifs is 2. The highest BCUT2D eigenvalue weighted by molar-refractivity contribution is 6.08. The van der Waals surface area contributed by atoms with Gasteiger partial charge >= 0.3 is 0 Å². The first-order valence-electron chi connectivity index (χ1n) is 11.0. The maximum Gasteiger partial charge on any atom is 0.222 e. The molecule has 2 aliphatic rings. The number of Topliss-reactive ketones (excluding diaryl/α,β-unsaturated/α-hetero) is 1. The first kappa shape index (κ1) is 19.2. The number of benzene rings is 2. The monoisotopic (exact) mass is 377 g/mol. The minimum absolute atomic E-state index is 0.189. The summed E-state index contributed by atoms with van der Waals surface area (Å²) in [5, 5.41) is 2.14. The van der Waals surface area contributed by atoms with Crippen LogP contribution in [-0.4, -0.2) is 29.2 Å². The van der Waals surface area contributed by atoms with Gasteiger partial charge in [-0.2, -0.15) is 0 Å². The molecule has 0 spiro atoms. The zero-order chi connectivity index (χ0) is 19.3. The summed E-state index contributed by atoms with van der Waals surface area (Å²) in [6.45, 7) is 0.939. The fraction of sp³-hybridized carbons (Fsp3) is 0.520. The highest BCUT2D eigenvalue weighted by Gasteiger charge is 2.35. The van der Waals surface area contributed by atoms with Crippen molar-refractivity contribution in [3.8, 4) is 0 Å². The molecule has 3 heteroatoms. The molecule has 2 atom stereocenters. The highest BCUT2D eigenvalue weighted by Crippen LogP contribution is 2.35. The van der Waals surface area contributed by atoms with Crippen molar-refractivity contribution in [2.45, 2.75) is 70.3 Å². The van der Waals surface area contributed by atoms with Crippen LogP contribution in [0.3, 0.4) is 0 Å². The Morgan fingerprint density at radius 3 is 2.54 bits per heavy atom. The third kappa shape index (κ3) is 4.14. The van der Waals surface area contributed by atoms with Gasteiger partial charge in [0.15, 0.2) is 5.78 Å². The van der Waals surface area contributed by atoms with Crippen LogP contribution < -0.4 is 0 Å². The van der Waals surface area contributed by atoms with E-state index in [1.807, 2.05) is 42.5 Å². The van der Waals surface area contributed by atoms with E-state index in [1.165, 1.54) is 32.1 Å². The lowest BCUT2D eigenvalue weighted by atomic mass is 9.78. The largest absolute Gasteiger partial charge is 0.339 e. The third-order valence-electron chi connectivity index (χ3n) is 6.70. The molecule has 2 unspecified atom stereocenters. The molecule has 148 valence electrons. The summed E-state index contributed by atoms with van der Waals surface area (Å²) in [6.07, 6.45) is 10.3. The fourth-order valence-corrected chi connectivity index (χ4v) is 5.24.